The minimum absolute atomic E-state index is 0.120. The summed E-state index contributed by atoms with van der Waals surface area (Å²) in [6, 6.07) is 11.1. The van der Waals surface area contributed by atoms with E-state index in [-0.39, 0.29) is 5.91 Å². The Balaban J connectivity index is 2.24. The summed E-state index contributed by atoms with van der Waals surface area (Å²) in [6.45, 7) is 4.56. The maximum Gasteiger partial charge on any atom is 0.255 e. The van der Waals surface area contributed by atoms with Crippen molar-refractivity contribution in [3.63, 3.8) is 0 Å². The highest BCUT2D eigenvalue weighted by molar-refractivity contribution is 5.99. The molecule has 5 nitrogen and oxygen atoms in total. The first kappa shape index (κ1) is 15.8. The van der Waals surface area contributed by atoms with Crippen LogP contribution in [0.5, 0.6) is 5.75 Å². The molecule has 0 unspecified atom stereocenters. The molecule has 2 N–H and O–H groups in total. The van der Waals surface area contributed by atoms with Crippen LogP contribution in [0.3, 0.4) is 0 Å². The van der Waals surface area contributed by atoms with E-state index in [9.17, 15) is 4.79 Å². The third-order valence-electron chi connectivity index (χ3n) is 3.17. The molecule has 0 aliphatic heterocycles. The summed E-state index contributed by atoms with van der Waals surface area (Å²) in [5.74, 6) is 1.22. The lowest BCUT2D eigenvalue weighted by atomic mass is 10.2. The number of anilines is 2. The molecule has 2 rings (SSSR count). The Morgan fingerprint density at radius 2 is 1.91 bits per heavy atom. The SMILES string of the molecule is CCCNC(=O)c1ccc(C)nc1Nc1ccc(OC)cc1. The van der Waals surface area contributed by atoms with Crippen LogP contribution in [0.2, 0.25) is 0 Å². The molecule has 116 valence electrons. The molecule has 1 aromatic carbocycles. The van der Waals surface area contributed by atoms with Crippen molar-refractivity contribution in [1.82, 2.24) is 10.3 Å². The van der Waals surface area contributed by atoms with Gasteiger partial charge in [0.25, 0.3) is 5.91 Å². The first-order valence-electron chi connectivity index (χ1n) is 7.31. The fourth-order valence-electron chi connectivity index (χ4n) is 1.98. The number of carbonyl (C=O) groups excluding carboxylic acids is 1. The standard InChI is InChI=1S/C17H21N3O2/c1-4-11-18-17(21)15-10-5-12(2)19-16(15)20-13-6-8-14(22-3)9-7-13/h5-10H,4,11H2,1-3H3,(H,18,21)(H,19,20). The quantitative estimate of drug-likeness (QED) is 0.859. The zero-order valence-electron chi connectivity index (χ0n) is 13.1. The lowest BCUT2D eigenvalue weighted by Gasteiger charge is -2.12. The van der Waals surface area contributed by atoms with Gasteiger partial charge in [-0.05, 0) is 49.7 Å². The van der Waals surface area contributed by atoms with Crippen LogP contribution in [0.4, 0.5) is 11.5 Å². The lowest BCUT2D eigenvalue weighted by Crippen LogP contribution is -2.25. The second-order valence-electron chi connectivity index (χ2n) is 4.96. The number of ether oxygens (including phenoxy) is 1. The Bertz CT molecular complexity index is 639. The minimum atomic E-state index is -0.120. The van der Waals surface area contributed by atoms with Crippen LogP contribution in [-0.2, 0) is 0 Å². The van der Waals surface area contributed by atoms with E-state index in [0.717, 1.165) is 23.6 Å². The third kappa shape index (κ3) is 3.97. The summed E-state index contributed by atoms with van der Waals surface area (Å²) < 4.78 is 5.14. The maximum atomic E-state index is 12.2. The van der Waals surface area contributed by atoms with Gasteiger partial charge >= 0.3 is 0 Å². The second kappa shape index (κ2) is 7.45. The highest BCUT2D eigenvalue weighted by Crippen LogP contribution is 2.21. The van der Waals surface area contributed by atoms with Crippen molar-refractivity contribution < 1.29 is 9.53 Å². The molecule has 0 fully saturated rings. The van der Waals surface area contributed by atoms with E-state index in [1.807, 2.05) is 44.2 Å². The van der Waals surface area contributed by atoms with Crippen LogP contribution in [0.1, 0.15) is 29.4 Å². The summed E-state index contributed by atoms with van der Waals surface area (Å²) >= 11 is 0. The Morgan fingerprint density at radius 1 is 1.18 bits per heavy atom. The first-order chi connectivity index (χ1) is 10.6. The number of pyridine rings is 1. The van der Waals surface area contributed by atoms with Gasteiger partial charge in [-0.3, -0.25) is 4.79 Å². The van der Waals surface area contributed by atoms with E-state index in [0.29, 0.717) is 17.9 Å². The first-order valence-corrected chi connectivity index (χ1v) is 7.31. The summed E-state index contributed by atoms with van der Waals surface area (Å²) in [4.78, 5) is 16.7. The van der Waals surface area contributed by atoms with Crippen LogP contribution in [-0.4, -0.2) is 24.5 Å². The molecule has 22 heavy (non-hydrogen) atoms. The number of methoxy groups -OCH3 is 1. The number of hydrogen-bond acceptors (Lipinski definition) is 4. The average Bonchev–Trinajstić information content (AvgIpc) is 2.53. The molecule has 1 heterocycles. The predicted molar refractivity (Wildman–Crippen MR) is 87.9 cm³/mol. The fourth-order valence-corrected chi connectivity index (χ4v) is 1.98. The van der Waals surface area contributed by atoms with Crippen molar-refractivity contribution in [1.29, 1.82) is 0 Å². The summed E-state index contributed by atoms with van der Waals surface area (Å²) in [6.07, 6.45) is 0.895. The number of rotatable bonds is 6. The molecule has 0 aliphatic carbocycles. The highest BCUT2D eigenvalue weighted by atomic mass is 16.5. The Hall–Kier alpha value is -2.56. The molecule has 0 radical (unpaired) electrons. The van der Waals surface area contributed by atoms with Crippen molar-refractivity contribution in [2.45, 2.75) is 20.3 Å². The molecule has 0 bridgehead atoms. The Labute approximate surface area is 130 Å². The number of hydrogen-bond donors (Lipinski definition) is 2. The summed E-state index contributed by atoms with van der Waals surface area (Å²) in [5, 5.41) is 6.07. The fraction of sp³-hybridized carbons (Fsp3) is 0.294. The van der Waals surface area contributed by atoms with Gasteiger partial charge in [0.15, 0.2) is 0 Å². The number of nitrogens with zero attached hydrogens (tertiary/aromatic N) is 1. The third-order valence-corrected chi connectivity index (χ3v) is 3.17. The van der Waals surface area contributed by atoms with Crippen LogP contribution < -0.4 is 15.4 Å². The van der Waals surface area contributed by atoms with Crippen molar-refractivity contribution in [2.24, 2.45) is 0 Å². The van der Waals surface area contributed by atoms with Crippen molar-refractivity contribution in [2.75, 3.05) is 19.0 Å². The molecule has 0 aliphatic rings. The van der Waals surface area contributed by atoms with Gasteiger partial charge in [-0.1, -0.05) is 6.92 Å². The van der Waals surface area contributed by atoms with Gasteiger partial charge in [0.05, 0.1) is 12.7 Å². The molecule has 1 aromatic heterocycles. The molecule has 0 saturated carbocycles. The number of aromatic nitrogens is 1. The highest BCUT2D eigenvalue weighted by Gasteiger charge is 2.12. The van der Waals surface area contributed by atoms with Crippen molar-refractivity contribution in [3.05, 3.63) is 47.7 Å². The topological polar surface area (TPSA) is 63.2 Å². The predicted octanol–water partition coefficient (Wildman–Crippen LogP) is 3.28. The number of carbonyl (C=O) groups is 1. The second-order valence-corrected chi connectivity index (χ2v) is 4.96. The maximum absolute atomic E-state index is 12.2. The van der Waals surface area contributed by atoms with Gasteiger partial charge in [0.1, 0.15) is 11.6 Å². The van der Waals surface area contributed by atoms with Crippen molar-refractivity contribution in [3.8, 4) is 5.75 Å². The molecule has 5 heteroatoms. The van der Waals surface area contributed by atoms with Crippen LogP contribution in [0.15, 0.2) is 36.4 Å². The number of nitrogens with one attached hydrogen (secondary N) is 2. The largest absolute Gasteiger partial charge is 0.497 e. The van der Waals surface area contributed by atoms with E-state index >= 15 is 0 Å². The van der Waals surface area contributed by atoms with E-state index < -0.39 is 0 Å². The molecule has 2 aromatic rings. The summed E-state index contributed by atoms with van der Waals surface area (Å²) in [7, 11) is 1.63. The van der Waals surface area contributed by atoms with Gasteiger partial charge in [-0.15, -0.1) is 0 Å². The average molecular weight is 299 g/mol. The van der Waals surface area contributed by atoms with Gasteiger partial charge < -0.3 is 15.4 Å². The zero-order valence-corrected chi connectivity index (χ0v) is 13.1. The molecule has 0 atom stereocenters. The Kier molecular flexibility index (Phi) is 5.36. The monoisotopic (exact) mass is 299 g/mol. The molecule has 0 spiro atoms. The minimum Gasteiger partial charge on any atom is -0.497 e. The van der Waals surface area contributed by atoms with Crippen molar-refractivity contribution >= 4 is 17.4 Å². The smallest absolute Gasteiger partial charge is 0.255 e. The van der Waals surface area contributed by atoms with Gasteiger partial charge in [0.2, 0.25) is 0 Å². The van der Waals surface area contributed by atoms with Gasteiger partial charge in [0, 0.05) is 17.9 Å². The van der Waals surface area contributed by atoms with E-state index in [2.05, 4.69) is 15.6 Å². The molecular weight excluding hydrogens is 278 g/mol. The van der Waals surface area contributed by atoms with E-state index in [1.165, 1.54) is 0 Å². The normalized spacial score (nSPS) is 10.1. The molecular formula is C17H21N3O2. The molecule has 0 saturated heterocycles. The summed E-state index contributed by atoms with van der Waals surface area (Å²) in [5.41, 5.74) is 2.24. The number of benzene rings is 1. The van der Waals surface area contributed by atoms with Crippen LogP contribution in [0, 0.1) is 6.92 Å². The van der Waals surface area contributed by atoms with Crippen LogP contribution in [0.25, 0.3) is 0 Å². The van der Waals surface area contributed by atoms with E-state index in [4.69, 9.17) is 4.74 Å². The van der Waals surface area contributed by atoms with Crippen LogP contribution >= 0.6 is 0 Å². The molecule has 1 amide bonds. The van der Waals surface area contributed by atoms with Gasteiger partial charge in [-0.25, -0.2) is 4.98 Å². The lowest BCUT2D eigenvalue weighted by molar-refractivity contribution is 0.0954. The number of aryl methyl sites for hydroxylation is 1. The van der Waals surface area contributed by atoms with E-state index in [1.54, 1.807) is 13.2 Å². The van der Waals surface area contributed by atoms with Gasteiger partial charge in [-0.2, -0.15) is 0 Å². The number of amides is 1. The Morgan fingerprint density at radius 3 is 2.55 bits per heavy atom. The zero-order chi connectivity index (χ0) is 15.9.